The minimum absolute atomic E-state index is 0.0418. The van der Waals surface area contributed by atoms with Crippen molar-refractivity contribution >= 4 is 23.9 Å². The Bertz CT molecular complexity index is 1460. The molecular formula is C61H106O12. The molecule has 0 aliphatic carbocycles. The SMILES string of the molecule is CC/C=C\C/C=C\C/C=C\CCCCCCCC(=O)OC1C(OCC(COC(=O)CCCCCCC/C=C\CCCCCCCC)OC(=O)CCCCCCCCCCCCCCC)OC(C(=O)O)C(O)C1O. The maximum Gasteiger partial charge on any atom is 0.335 e. The fourth-order valence-corrected chi connectivity index (χ4v) is 8.85. The van der Waals surface area contributed by atoms with Gasteiger partial charge in [0.15, 0.2) is 24.6 Å². The Labute approximate surface area is 443 Å². The van der Waals surface area contributed by atoms with E-state index in [0.717, 1.165) is 109 Å². The molecule has 0 bridgehead atoms. The van der Waals surface area contributed by atoms with E-state index in [0.29, 0.717) is 19.3 Å². The van der Waals surface area contributed by atoms with Gasteiger partial charge in [0.1, 0.15) is 18.8 Å². The first-order valence-corrected chi connectivity index (χ1v) is 29.6. The van der Waals surface area contributed by atoms with Gasteiger partial charge in [-0.3, -0.25) is 14.4 Å². The van der Waals surface area contributed by atoms with Crippen molar-refractivity contribution in [2.75, 3.05) is 13.2 Å². The lowest BCUT2D eigenvalue weighted by Crippen LogP contribution is -2.61. The van der Waals surface area contributed by atoms with Gasteiger partial charge >= 0.3 is 23.9 Å². The lowest BCUT2D eigenvalue weighted by Gasteiger charge is -2.40. The Balaban J connectivity index is 2.70. The third-order valence-corrected chi connectivity index (χ3v) is 13.4. The number of aliphatic hydroxyl groups is 2. The van der Waals surface area contributed by atoms with E-state index in [4.69, 9.17) is 23.7 Å². The van der Waals surface area contributed by atoms with Gasteiger partial charge in [0, 0.05) is 19.3 Å². The summed E-state index contributed by atoms with van der Waals surface area (Å²) in [5, 5.41) is 31.5. The van der Waals surface area contributed by atoms with Crippen LogP contribution in [0.4, 0.5) is 0 Å². The van der Waals surface area contributed by atoms with Gasteiger partial charge in [-0.15, -0.1) is 0 Å². The van der Waals surface area contributed by atoms with Gasteiger partial charge < -0.3 is 39.0 Å². The van der Waals surface area contributed by atoms with Crippen LogP contribution in [0.3, 0.4) is 0 Å². The minimum Gasteiger partial charge on any atom is -0.479 e. The molecule has 6 atom stereocenters. The second-order valence-electron chi connectivity index (χ2n) is 20.3. The summed E-state index contributed by atoms with van der Waals surface area (Å²) in [7, 11) is 0. The molecule has 0 aromatic rings. The lowest BCUT2D eigenvalue weighted by atomic mass is 9.98. The number of esters is 3. The molecule has 0 radical (unpaired) electrons. The molecule has 0 aromatic carbocycles. The lowest BCUT2D eigenvalue weighted by molar-refractivity contribution is -0.301. The second-order valence-corrected chi connectivity index (χ2v) is 20.3. The molecule has 1 rings (SSSR count). The van der Waals surface area contributed by atoms with Crippen LogP contribution in [0.2, 0.25) is 0 Å². The summed E-state index contributed by atoms with van der Waals surface area (Å²) >= 11 is 0. The largest absolute Gasteiger partial charge is 0.479 e. The minimum atomic E-state index is -1.91. The zero-order valence-electron chi connectivity index (χ0n) is 46.4. The van der Waals surface area contributed by atoms with Crippen LogP contribution >= 0.6 is 0 Å². The standard InChI is InChI=1S/C61H106O12/c1-4-7-10-13-16-19-22-25-27-30-32-35-38-41-44-47-53(62)69-50-52(71-54(63)48-45-42-39-36-33-29-24-21-18-15-12-9-6-3)51-70-61-59(57(66)56(65)58(73-61)60(67)68)72-55(64)49-46-43-40-37-34-31-28-26-23-20-17-14-11-8-5-2/h8,11,17,20,25-28,52,56-59,61,65-66H,4-7,9-10,12-16,18-19,21-24,29-51H2,1-3H3,(H,67,68)/b11-8-,20-17-,27-25-,28-26-. The highest BCUT2D eigenvalue weighted by Crippen LogP contribution is 2.26. The van der Waals surface area contributed by atoms with Crippen LogP contribution in [0.5, 0.6) is 0 Å². The molecule has 12 heteroatoms. The molecule has 0 amide bonds. The monoisotopic (exact) mass is 1030 g/mol. The van der Waals surface area contributed by atoms with Crippen LogP contribution in [0, 0.1) is 0 Å². The van der Waals surface area contributed by atoms with Crippen LogP contribution in [-0.4, -0.2) is 89.2 Å². The van der Waals surface area contributed by atoms with Gasteiger partial charge in [-0.1, -0.05) is 217 Å². The Morgan fingerprint density at radius 1 is 0.466 bits per heavy atom. The molecule has 422 valence electrons. The van der Waals surface area contributed by atoms with E-state index in [-0.39, 0.29) is 25.9 Å². The third-order valence-electron chi connectivity index (χ3n) is 13.4. The molecule has 1 aliphatic heterocycles. The molecule has 1 fully saturated rings. The highest BCUT2D eigenvalue weighted by molar-refractivity contribution is 5.74. The van der Waals surface area contributed by atoms with Crippen LogP contribution in [0.15, 0.2) is 48.6 Å². The van der Waals surface area contributed by atoms with Crippen LogP contribution in [-0.2, 0) is 42.9 Å². The second kappa shape index (κ2) is 49.6. The van der Waals surface area contributed by atoms with Gasteiger partial charge in [-0.25, -0.2) is 4.79 Å². The number of unbranched alkanes of at least 4 members (excludes halogenated alkanes) is 28. The number of hydrogen-bond donors (Lipinski definition) is 3. The van der Waals surface area contributed by atoms with Gasteiger partial charge in [-0.05, 0) is 77.0 Å². The summed E-state index contributed by atoms with van der Waals surface area (Å²) in [5.74, 6) is -3.13. The molecule has 3 N–H and O–H groups in total. The van der Waals surface area contributed by atoms with Crippen molar-refractivity contribution in [3.63, 3.8) is 0 Å². The zero-order valence-corrected chi connectivity index (χ0v) is 46.4. The van der Waals surface area contributed by atoms with Gasteiger partial charge in [-0.2, -0.15) is 0 Å². The highest BCUT2D eigenvalue weighted by atomic mass is 16.7. The number of carboxylic acid groups (broad SMARTS) is 1. The number of carbonyl (C=O) groups excluding carboxylic acids is 3. The molecule has 0 spiro atoms. The maximum absolute atomic E-state index is 13.1. The quantitative estimate of drug-likeness (QED) is 0.0228. The van der Waals surface area contributed by atoms with Crippen molar-refractivity contribution in [3.05, 3.63) is 48.6 Å². The first-order chi connectivity index (χ1) is 35.6. The fraction of sp³-hybridized carbons (Fsp3) is 0.803. The molecule has 12 nitrogen and oxygen atoms in total. The highest BCUT2D eigenvalue weighted by Gasteiger charge is 2.50. The van der Waals surface area contributed by atoms with E-state index in [1.54, 1.807) is 0 Å². The molecule has 1 aliphatic rings. The first-order valence-electron chi connectivity index (χ1n) is 29.6. The fourth-order valence-electron chi connectivity index (χ4n) is 8.85. The van der Waals surface area contributed by atoms with E-state index in [9.17, 15) is 34.5 Å². The van der Waals surface area contributed by atoms with Crippen LogP contribution < -0.4 is 0 Å². The smallest absolute Gasteiger partial charge is 0.335 e. The number of carboxylic acids is 1. The van der Waals surface area contributed by atoms with E-state index in [1.807, 2.05) is 0 Å². The predicted molar refractivity (Wildman–Crippen MR) is 294 cm³/mol. The molecule has 1 saturated heterocycles. The van der Waals surface area contributed by atoms with Crippen LogP contribution in [0.1, 0.15) is 265 Å². The van der Waals surface area contributed by atoms with Crippen molar-refractivity contribution in [2.24, 2.45) is 0 Å². The number of carbonyl (C=O) groups is 4. The summed E-state index contributed by atoms with van der Waals surface area (Å²) in [5.41, 5.74) is 0. The van der Waals surface area contributed by atoms with Gasteiger partial charge in [0.05, 0.1) is 6.61 Å². The van der Waals surface area contributed by atoms with E-state index < -0.39 is 67.3 Å². The number of ether oxygens (including phenoxy) is 5. The van der Waals surface area contributed by atoms with Crippen molar-refractivity contribution in [2.45, 2.75) is 302 Å². The molecule has 0 aromatic heterocycles. The third kappa shape index (κ3) is 39.7. The van der Waals surface area contributed by atoms with Crippen molar-refractivity contribution in [1.82, 2.24) is 0 Å². The topological polar surface area (TPSA) is 175 Å². The summed E-state index contributed by atoms with van der Waals surface area (Å²) in [6.45, 7) is 5.87. The van der Waals surface area contributed by atoms with E-state index in [2.05, 4.69) is 69.4 Å². The number of allylic oxidation sites excluding steroid dienone is 8. The summed E-state index contributed by atoms with van der Waals surface area (Å²) in [6.07, 6.45) is 46.5. The van der Waals surface area contributed by atoms with Crippen molar-refractivity contribution < 1.29 is 58.2 Å². The number of rotatable bonds is 50. The number of hydrogen-bond acceptors (Lipinski definition) is 11. The molecule has 73 heavy (non-hydrogen) atoms. The number of aliphatic carboxylic acids is 1. The van der Waals surface area contributed by atoms with Crippen molar-refractivity contribution in [3.8, 4) is 0 Å². The normalized spacial score (nSPS) is 18.6. The Hall–Kier alpha value is -3.32. The molecular weight excluding hydrogens is 925 g/mol. The van der Waals surface area contributed by atoms with Gasteiger partial charge in [0.25, 0.3) is 0 Å². The predicted octanol–water partition coefficient (Wildman–Crippen LogP) is 15.0. The maximum atomic E-state index is 13.1. The van der Waals surface area contributed by atoms with Crippen LogP contribution in [0.25, 0.3) is 0 Å². The van der Waals surface area contributed by atoms with Gasteiger partial charge in [0.2, 0.25) is 0 Å². The average molecular weight is 1030 g/mol. The average Bonchev–Trinajstić information content (AvgIpc) is 3.37. The summed E-state index contributed by atoms with van der Waals surface area (Å²) in [4.78, 5) is 51.1. The Kier molecular flexibility index (Phi) is 45.9. The summed E-state index contributed by atoms with van der Waals surface area (Å²) in [6, 6.07) is 0. The summed E-state index contributed by atoms with van der Waals surface area (Å²) < 4.78 is 28.4. The molecule has 1 heterocycles. The van der Waals surface area contributed by atoms with E-state index in [1.165, 1.54) is 96.3 Å². The molecule has 6 unspecified atom stereocenters. The molecule has 0 saturated carbocycles. The Morgan fingerprint density at radius 3 is 1.33 bits per heavy atom. The first kappa shape index (κ1) is 67.7. The van der Waals surface area contributed by atoms with Crippen molar-refractivity contribution in [1.29, 1.82) is 0 Å². The van der Waals surface area contributed by atoms with E-state index >= 15 is 0 Å². The number of aliphatic hydroxyl groups excluding tert-OH is 2. The zero-order chi connectivity index (χ0) is 53.3. The Morgan fingerprint density at radius 2 is 0.863 bits per heavy atom.